The predicted molar refractivity (Wildman–Crippen MR) is 46.9 cm³/mol. The second-order valence-corrected chi connectivity index (χ2v) is 2.71. The summed E-state index contributed by atoms with van der Waals surface area (Å²) in [6, 6.07) is 0. The molecular weight excluding hydrogens is 143 g/mol. The molecule has 0 saturated carbocycles. The molecule has 1 atom stereocenters. The lowest BCUT2D eigenvalue weighted by atomic mass is 10.1. The molecular formula is C8H13OP. The van der Waals surface area contributed by atoms with Crippen molar-refractivity contribution in [3.63, 3.8) is 0 Å². The van der Waals surface area contributed by atoms with Crippen LogP contribution in [0.2, 0.25) is 0 Å². The standard InChI is InChI=1S/C8H13OP/c1-2-3-5-8(9)6-4-7-10/h1H,3-7,10H2. The third-order valence-electron chi connectivity index (χ3n) is 1.21. The van der Waals surface area contributed by atoms with E-state index in [2.05, 4.69) is 15.2 Å². The Balaban J connectivity index is 3.19. The largest absolute Gasteiger partial charge is 0.300 e. The molecule has 0 fully saturated rings. The molecule has 0 aliphatic rings. The molecule has 10 heavy (non-hydrogen) atoms. The summed E-state index contributed by atoms with van der Waals surface area (Å²) < 4.78 is 0. The van der Waals surface area contributed by atoms with Gasteiger partial charge >= 0.3 is 0 Å². The van der Waals surface area contributed by atoms with Crippen LogP contribution in [0, 0.1) is 12.3 Å². The van der Waals surface area contributed by atoms with Gasteiger partial charge in [0.25, 0.3) is 0 Å². The third kappa shape index (κ3) is 5.79. The summed E-state index contributed by atoms with van der Waals surface area (Å²) in [6.45, 7) is 0. The Hall–Kier alpha value is -0.340. The van der Waals surface area contributed by atoms with Gasteiger partial charge in [-0.2, -0.15) is 0 Å². The lowest BCUT2D eigenvalue weighted by Gasteiger charge is -1.93. The molecule has 1 nitrogen and oxygen atoms in total. The van der Waals surface area contributed by atoms with Crippen molar-refractivity contribution in [3.05, 3.63) is 0 Å². The topological polar surface area (TPSA) is 17.1 Å². The van der Waals surface area contributed by atoms with E-state index in [4.69, 9.17) is 6.42 Å². The second-order valence-electron chi connectivity index (χ2n) is 2.14. The van der Waals surface area contributed by atoms with Crippen molar-refractivity contribution >= 4 is 15.0 Å². The first-order valence-electron chi connectivity index (χ1n) is 3.46. The molecule has 0 radical (unpaired) electrons. The highest BCUT2D eigenvalue weighted by Crippen LogP contribution is 1.99. The van der Waals surface area contributed by atoms with E-state index in [-0.39, 0.29) is 0 Å². The summed E-state index contributed by atoms with van der Waals surface area (Å²) in [5, 5.41) is 0. The fourth-order valence-corrected chi connectivity index (χ4v) is 0.840. The smallest absolute Gasteiger partial charge is 0.133 e. The van der Waals surface area contributed by atoms with Crippen LogP contribution < -0.4 is 0 Å². The van der Waals surface area contributed by atoms with Gasteiger partial charge in [-0.25, -0.2) is 0 Å². The number of carbonyl (C=O) groups is 1. The number of hydrogen-bond donors (Lipinski definition) is 0. The van der Waals surface area contributed by atoms with E-state index >= 15 is 0 Å². The average molecular weight is 156 g/mol. The van der Waals surface area contributed by atoms with Crippen LogP contribution in [0.15, 0.2) is 0 Å². The maximum absolute atomic E-state index is 10.9. The monoisotopic (exact) mass is 156 g/mol. The van der Waals surface area contributed by atoms with Crippen molar-refractivity contribution in [1.82, 2.24) is 0 Å². The van der Waals surface area contributed by atoms with Crippen LogP contribution in [-0.4, -0.2) is 11.9 Å². The zero-order valence-corrected chi connectivity index (χ0v) is 7.25. The molecule has 0 bridgehead atoms. The molecule has 0 aromatic rings. The SMILES string of the molecule is C#CCCC(=O)CCCP. The predicted octanol–water partition coefficient (Wildman–Crippen LogP) is 1.62. The molecule has 0 aromatic carbocycles. The molecule has 0 N–H and O–H groups in total. The van der Waals surface area contributed by atoms with Gasteiger partial charge in [-0.15, -0.1) is 21.6 Å². The van der Waals surface area contributed by atoms with Crippen molar-refractivity contribution < 1.29 is 4.79 Å². The highest BCUT2D eigenvalue weighted by Gasteiger charge is 1.97. The number of Topliss-reactive ketones (excluding diaryl/α,β-unsaturated/α-hetero) is 1. The Morgan fingerprint density at radius 2 is 2.20 bits per heavy atom. The lowest BCUT2D eigenvalue weighted by molar-refractivity contribution is -0.118. The Morgan fingerprint density at radius 1 is 1.50 bits per heavy atom. The quantitative estimate of drug-likeness (QED) is 0.436. The molecule has 56 valence electrons. The summed E-state index contributed by atoms with van der Waals surface area (Å²) in [7, 11) is 2.60. The maximum atomic E-state index is 10.9. The van der Waals surface area contributed by atoms with Crippen LogP contribution in [0.3, 0.4) is 0 Å². The summed E-state index contributed by atoms with van der Waals surface area (Å²) in [5.74, 6) is 2.74. The highest BCUT2D eigenvalue weighted by molar-refractivity contribution is 7.16. The zero-order chi connectivity index (χ0) is 7.82. The van der Waals surface area contributed by atoms with E-state index in [0.717, 1.165) is 12.6 Å². The Labute approximate surface area is 64.8 Å². The molecule has 0 heterocycles. The first-order chi connectivity index (χ1) is 4.81. The van der Waals surface area contributed by atoms with Crippen LogP contribution in [-0.2, 0) is 4.79 Å². The van der Waals surface area contributed by atoms with E-state index in [0.29, 0.717) is 25.0 Å². The van der Waals surface area contributed by atoms with Gasteiger partial charge in [-0.05, 0) is 12.6 Å². The summed E-state index contributed by atoms with van der Waals surface area (Å²) in [6.07, 6.45) is 8.80. The van der Waals surface area contributed by atoms with Gasteiger partial charge in [0.05, 0.1) is 0 Å². The number of hydrogen-bond acceptors (Lipinski definition) is 1. The normalized spacial score (nSPS) is 8.80. The summed E-state index contributed by atoms with van der Waals surface area (Å²) >= 11 is 0. The van der Waals surface area contributed by atoms with Crippen molar-refractivity contribution in [2.75, 3.05) is 6.16 Å². The Morgan fingerprint density at radius 3 is 2.70 bits per heavy atom. The number of ketones is 1. The van der Waals surface area contributed by atoms with Gasteiger partial charge in [0.15, 0.2) is 0 Å². The minimum atomic E-state index is 0.292. The molecule has 0 aliphatic heterocycles. The van der Waals surface area contributed by atoms with Crippen LogP contribution in [0.1, 0.15) is 25.7 Å². The van der Waals surface area contributed by atoms with Gasteiger partial charge < -0.3 is 0 Å². The van der Waals surface area contributed by atoms with Crippen molar-refractivity contribution in [3.8, 4) is 12.3 Å². The number of rotatable bonds is 5. The second kappa shape index (κ2) is 6.78. The number of carbonyl (C=O) groups excluding carboxylic acids is 1. The maximum Gasteiger partial charge on any atom is 0.133 e. The highest BCUT2D eigenvalue weighted by atomic mass is 31.0. The van der Waals surface area contributed by atoms with E-state index in [1.54, 1.807) is 0 Å². The van der Waals surface area contributed by atoms with Gasteiger partial charge in [0.1, 0.15) is 5.78 Å². The molecule has 0 aromatic heterocycles. The number of terminal acetylenes is 1. The van der Waals surface area contributed by atoms with Crippen LogP contribution in [0.5, 0.6) is 0 Å². The van der Waals surface area contributed by atoms with Crippen molar-refractivity contribution in [1.29, 1.82) is 0 Å². The molecule has 0 saturated heterocycles. The molecule has 0 aliphatic carbocycles. The van der Waals surface area contributed by atoms with Crippen molar-refractivity contribution in [2.45, 2.75) is 25.7 Å². The Kier molecular flexibility index (Phi) is 6.55. The fourth-order valence-electron chi connectivity index (χ4n) is 0.636. The molecule has 1 unspecified atom stereocenters. The van der Waals surface area contributed by atoms with E-state index in [1.807, 2.05) is 0 Å². The minimum Gasteiger partial charge on any atom is -0.300 e. The van der Waals surface area contributed by atoms with Crippen LogP contribution >= 0.6 is 9.24 Å². The van der Waals surface area contributed by atoms with Crippen LogP contribution in [0.4, 0.5) is 0 Å². The van der Waals surface area contributed by atoms with E-state index in [9.17, 15) is 4.79 Å². The fraction of sp³-hybridized carbons (Fsp3) is 0.625. The third-order valence-corrected chi connectivity index (χ3v) is 1.62. The first-order valence-corrected chi connectivity index (χ1v) is 4.28. The minimum absolute atomic E-state index is 0.292. The van der Waals surface area contributed by atoms with Crippen LogP contribution in [0.25, 0.3) is 0 Å². The Bertz CT molecular complexity index is 135. The van der Waals surface area contributed by atoms with E-state index < -0.39 is 0 Å². The van der Waals surface area contributed by atoms with Gasteiger partial charge in [0.2, 0.25) is 0 Å². The summed E-state index contributed by atoms with van der Waals surface area (Å²) in [4.78, 5) is 10.9. The van der Waals surface area contributed by atoms with E-state index in [1.165, 1.54) is 0 Å². The zero-order valence-electron chi connectivity index (χ0n) is 6.10. The molecule has 2 heteroatoms. The first kappa shape index (κ1) is 9.66. The van der Waals surface area contributed by atoms with Gasteiger partial charge in [0, 0.05) is 19.3 Å². The van der Waals surface area contributed by atoms with Crippen molar-refractivity contribution in [2.24, 2.45) is 0 Å². The molecule has 0 rings (SSSR count). The average Bonchev–Trinajstić information content (AvgIpc) is 1.97. The van der Waals surface area contributed by atoms with Gasteiger partial charge in [-0.1, -0.05) is 0 Å². The molecule has 0 spiro atoms. The summed E-state index contributed by atoms with van der Waals surface area (Å²) in [5.41, 5.74) is 0. The lowest BCUT2D eigenvalue weighted by Crippen LogP contribution is -1.96. The molecule has 0 amide bonds. The van der Waals surface area contributed by atoms with Gasteiger partial charge in [-0.3, -0.25) is 4.79 Å².